The number of hydrogen-bond acceptors (Lipinski definition) is 5. The second-order valence-electron chi connectivity index (χ2n) is 6.70. The van der Waals surface area contributed by atoms with Crippen molar-refractivity contribution in [1.29, 1.82) is 5.26 Å². The summed E-state index contributed by atoms with van der Waals surface area (Å²) in [6.07, 6.45) is 6.88. The predicted octanol–water partition coefficient (Wildman–Crippen LogP) is 6.40. The number of benzene rings is 1. The molecule has 0 fully saturated rings. The average Bonchev–Trinajstić information content (AvgIpc) is 3.57. The maximum absolute atomic E-state index is 9.86. The van der Waals surface area contributed by atoms with Gasteiger partial charge in [0, 0.05) is 35.4 Å². The molecule has 4 aromatic heterocycles. The zero-order valence-electron chi connectivity index (χ0n) is 16.2. The second-order valence-corrected chi connectivity index (χ2v) is 6.70. The summed E-state index contributed by atoms with van der Waals surface area (Å²) in [6.45, 7) is 2.95. The molecule has 0 aliphatic carbocycles. The van der Waals surface area contributed by atoms with Crippen LogP contribution in [-0.2, 0) is 6.54 Å². The highest BCUT2D eigenvalue weighted by atomic mass is 16.4. The van der Waals surface area contributed by atoms with Gasteiger partial charge in [-0.15, -0.1) is 0 Å². The lowest BCUT2D eigenvalue weighted by molar-refractivity contribution is 0.527. The van der Waals surface area contributed by atoms with Gasteiger partial charge >= 0.3 is 0 Å². The van der Waals surface area contributed by atoms with E-state index in [-0.39, 0.29) is 5.88 Å². The zero-order valence-corrected chi connectivity index (χ0v) is 16.2. The fourth-order valence-electron chi connectivity index (χ4n) is 3.62. The summed E-state index contributed by atoms with van der Waals surface area (Å²) in [5, 5.41) is 10.9. The molecule has 0 atom stereocenters. The van der Waals surface area contributed by atoms with Crippen molar-refractivity contribution in [2.45, 2.75) is 13.5 Å². The number of rotatable bonds is 5. The van der Waals surface area contributed by atoms with Crippen LogP contribution in [0.2, 0.25) is 0 Å². The van der Waals surface area contributed by atoms with Gasteiger partial charge in [0.25, 0.3) is 0 Å². The molecule has 30 heavy (non-hydrogen) atoms. The van der Waals surface area contributed by atoms with E-state index in [2.05, 4.69) is 34.7 Å². The molecule has 146 valence electrons. The van der Waals surface area contributed by atoms with Crippen molar-refractivity contribution in [3.63, 3.8) is 0 Å². The third-order valence-corrected chi connectivity index (χ3v) is 4.99. The fraction of sp³-hybridized carbons (Fsp3) is 0.0833. The van der Waals surface area contributed by atoms with Gasteiger partial charge in [0.05, 0.1) is 18.1 Å². The third kappa shape index (κ3) is 2.85. The highest BCUT2D eigenvalue weighted by Crippen LogP contribution is 2.42. The summed E-state index contributed by atoms with van der Waals surface area (Å²) in [4.78, 5) is 4.54. The van der Waals surface area contributed by atoms with E-state index in [4.69, 9.17) is 13.3 Å². The standard InChI is InChI=1S/C24H17N3O3/c1-2-27-15-16(17-7-3-4-8-19(17)27)14-26-24-18(13-25)22(20-9-5-11-28-20)23(30-24)21-10-6-12-29-21/h3-12,14-15H,2H2,1H3. The van der Waals surface area contributed by atoms with Crippen LogP contribution in [0.1, 0.15) is 18.1 Å². The van der Waals surface area contributed by atoms with Gasteiger partial charge in [-0.3, -0.25) is 0 Å². The van der Waals surface area contributed by atoms with Crippen LogP contribution in [0.5, 0.6) is 0 Å². The van der Waals surface area contributed by atoms with Gasteiger partial charge in [-0.2, -0.15) is 5.26 Å². The van der Waals surface area contributed by atoms with E-state index in [1.54, 1.807) is 43.0 Å². The van der Waals surface area contributed by atoms with Crippen LogP contribution >= 0.6 is 0 Å². The summed E-state index contributed by atoms with van der Waals surface area (Å²) in [6, 6.07) is 17.4. The quantitative estimate of drug-likeness (QED) is 0.323. The molecule has 4 heterocycles. The van der Waals surface area contributed by atoms with Crippen molar-refractivity contribution in [1.82, 2.24) is 4.57 Å². The molecule has 0 saturated carbocycles. The lowest BCUT2D eigenvalue weighted by atomic mass is 10.1. The minimum Gasteiger partial charge on any atom is -0.464 e. The number of hydrogen-bond donors (Lipinski definition) is 0. The SMILES string of the molecule is CCn1cc(C=Nc2oc(-c3ccco3)c(-c3ccco3)c2C#N)c2ccccc21. The fourth-order valence-corrected chi connectivity index (χ4v) is 3.62. The number of nitrogens with zero attached hydrogens (tertiary/aromatic N) is 3. The first kappa shape index (κ1) is 17.8. The van der Waals surface area contributed by atoms with Crippen molar-refractivity contribution in [2.24, 2.45) is 4.99 Å². The Bertz CT molecular complexity index is 1380. The van der Waals surface area contributed by atoms with Crippen molar-refractivity contribution in [2.75, 3.05) is 0 Å². The van der Waals surface area contributed by atoms with Crippen LogP contribution in [0.15, 0.2) is 85.5 Å². The molecule has 0 spiro atoms. The smallest absolute Gasteiger partial charge is 0.238 e. The average molecular weight is 395 g/mol. The normalized spacial score (nSPS) is 11.5. The molecular weight excluding hydrogens is 378 g/mol. The van der Waals surface area contributed by atoms with Crippen LogP contribution in [0.4, 0.5) is 5.88 Å². The van der Waals surface area contributed by atoms with E-state index in [0.717, 1.165) is 23.0 Å². The van der Waals surface area contributed by atoms with Gasteiger partial charge in [0.15, 0.2) is 11.5 Å². The van der Waals surface area contributed by atoms with Crippen LogP contribution in [-0.4, -0.2) is 10.8 Å². The number of furan rings is 3. The van der Waals surface area contributed by atoms with E-state index in [1.807, 2.05) is 18.3 Å². The Morgan fingerprint density at radius 3 is 2.50 bits per heavy atom. The maximum atomic E-state index is 9.86. The Kier molecular flexibility index (Phi) is 4.34. The number of fused-ring (bicyclic) bond motifs is 1. The van der Waals surface area contributed by atoms with Crippen LogP contribution in [0.3, 0.4) is 0 Å². The monoisotopic (exact) mass is 395 g/mol. The zero-order chi connectivity index (χ0) is 20.5. The highest BCUT2D eigenvalue weighted by molar-refractivity contribution is 6.00. The first-order valence-corrected chi connectivity index (χ1v) is 9.56. The molecule has 0 N–H and O–H groups in total. The van der Waals surface area contributed by atoms with Gasteiger partial charge in [-0.25, -0.2) is 4.99 Å². The topological polar surface area (TPSA) is 80.5 Å². The van der Waals surface area contributed by atoms with E-state index >= 15 is 0 Å². The van der Waals surface area contributed by atoms with Gasteiger partial charge in [0.1, 0.15) is 17.4 Å². The van der Waals surface area contributed by atoms with Crippen LogP contribution in [0.25, 0.3) is 33.7 Å². The Morgan fingerprint density at radius 1 is 1.03 bits per heavy atom. The summed E-state index contributed by atoms with van der Waals surface area (Å²) >= 11 is 0. The van der Waals surface area contributed by atoms with E-state index in [1.165, 1.54) is 0 Å². The van der Waals surface area contributed by atoms with Gasteiger partial charge < -0.3 is 17.8 Å². The summed E-state index contributed by atoms with van der Waals surface area (Å²) < 4.78 is 19.2. The minimum absolute atomic E-state index is 0.212. The van der Waals surface area contributed by atoms with Crippen molar-refractivity contribution >= 4 is 23.0 Å². The Morgan fingerprint density at radius 2 is 1.80 bits per heavy atom. The summed E-state index contributed by atoms with van der Waals surface area (Å²) in [5.74, 6) is 1.64. The molecule has 6 nitrogen and oxygen atoms in total. The molecule has 6 heteroatoms. The molecule has 0 amide bonds. The Hall–Kier alpha value is -4.24. The first-order chi connectivity index (χ1) is 14.8. The Balaban J connectivity index is 1.66. The molecule has 5 rings (SSSR count). The lowest BCUT2D eigenvalue weighted by Crippen LogP contribution is -1.89. The van der Waals surface area contributed by atoms with Gasteiger partial charge in [-0.05, 0) is 37.3 Å². The number of aliphatic imine (C=N–C) groups is 1. The molecule has 0 radical (unpaired) electrons. The second kappa shape index (κ2) is 7.30. The third-order valence-electron chi connectivity index (χ3n) is 4.99. The molecule has 0 bridgehead atoms. The molecule has 0 aliphatic heterocycles. The van der Waals surface area contributed by atoms with E-state index in [9.17, 15) is 5.26 Å². The molecular formula is C24H17N3O3. The Labute approximate surface area is 172 Å². The van der Waals surface area contributed by atoms with Gasteiger partial charge in [-0.1, -0.05) is 18.2 Å². The first-order valence-electron chi connectivity index (χ1n) is 9.56. The number of nitriles is 1. The molecule has 1 aromatic carbocycles. The lowest BCUT2D eigenvalue weighted by Gasteiger charge is -1.97. The summed E-state index contributed by atoms with van der Waals surface area (Å²) in [7, 11) is 0. The number of para-hydroxylation sites is 1. The van der Waals surface area contributed by atoms with E-state index in [0.29, 0.717) is 28.4 Å². The van der Waals surface area contributed by atoms with Crippen molar-refractivity contribution in [3.8, 4) is 28.9 Å². The molecule has 5 aromatic rings. The van der Waals surface area contributed by atoms with Crippen LogP contribution < -0.4 is 0 Å². The number of aryl methyl sites for hydroxylation is 1. The van der Waals surface area contributed by atoms with E-state index < -0.39 is 0 Å². The van der Waals surface area contributed by atoms with Crippen molar-refractivity contribution < 1.29 is 13.3 Å². The number of aromatic nitrogens is 1. The minimum atomic E-state index is 0.212. The van der Waals surface area contributed by atoms with Crippen molar-refractivity contribution in [3.05, 3.63) is 78.4 Å². The predicted molar refractivity (Wildman–Crippen MR) is 114 cm³/mol. The van der Waals surface area contributed by atoms with Gasteiger partial charge in [0.2, 0.25) is 5.88 Å². The molecule has 0 saturated heterocycles. The maximum Gasteiger partial charge on any atom is 0.238 e. The largest absolute Gasteiger partial charge is 0.464 e. The molecule has 0 aliphatic rings. The van der Waals surface area contributed by atoms with Crippen LogP contribution in [0, 0.1) is 11.3 Å². The highest BCUT2D eigenvalue weighted by Gasteiger charge is 2.26. The molecule has 0 unspecified atom stereocenters. The summed E-state index contributed by atoms with van der Waals surface area (Å²) in [5.41, 5.74) is 2.91.